The summed E-state index contributed by atoms with van der Waals surface area (Å²) in [5.74, 6) is -1.35. The van der Waals surface area contributed by atoms with Crippen molar-refractivity contribution in [3.05, 3.63) is 48.4 Å². The fourth-order valence-electron chi connectivity index (χ4n) is 2.71. The Kier molecular flexibility index (Phi) is 5.85. The Morgan fingerprint density at radius 3 is 2.32 bits per heavy atom. The largest absolute Gasteiger partial charge is 0.451 e. The van der Waals surface area contributed by atoms with Gasteiger partial charge in [-0.2, -0.15) is 4.31 Å². The van der Waals surface area contributed by atoms with Gasteiger partial charge in [-0.3, -0.25) is 4.79 Å². The highest BCUT2D eigenvalue weighted by molar-refractivity contribution is 7.89. The topological polar surface area (TPSA) is 136 Å². The molecule has 10 nitrogen and oxygen atoms in total. The zero-order valence-electron chi connectivity index (χ0n) is 14.9. The molecule has 1 aliphatic rings. The van der Waals surface area contributed by atoms with E-state index in [0.29, 0.717) is 0 Å². The quantitative estimate of drug-likeness (QED) is 0.673. The Bertz CT molecular complexity index is 959. The minimum Gasteiger partial charge on any atom is -0.451 e. The first-order valence-corrected chi connectivity index (χ1v) is 9.90. The van der Waals surface area contributed by atoms with E-state index in [0.717, 1.165) is 0 Å². The zero-order chi connectivity index (χ0) is 20.1. The third-order valence-electron chi connectivity index (χ3n) is 4.22. The van der Waals surface area contributed by atoms with Gasteiger partial charge in [0.05, 0.1) is 4.90 Å². The van der Waals surface area contributed by atoms with Gasteiger partial charge >= 0.3 is 5.97 Å². The number of ether oxygens (including phenoxy) is 1. The summed E-state index contributed by atoms with van der Waals surface area (Å²) in [4.78, 5) is 33.4. The summed E-state index contributed by atoms with van der Waals surface area (Å²) in [7, 11) is -3.60. The monoisotopic (exact) mass is 405 g/mol. The number of benzene rings is 1. The SMILES string of the molecule is Nc1nccnc1C(=O)OCC(=O)N1CCN(S(=O)(=O)c2ccccc2)CC1. The number of rotatable bonds is 5. The number of carbonyl (C=O) groups excluding carboxylic acids is 2. The molecule has 11 heteroatoms. The summed E-state index contributed by atoms with van der Waals surface area (Å²) in [6, 6.07) is 8.12. The average molecular weight is 405 g/mol. The maximum absolute atomic E-state index is 12.6. The van der Waals surface area contributed by atoms with Gasteiger partial charge in [0.2, 0.25) is 10.0 Å². The second kappa shape index (κ2) is 8.31. The average Bonchev–Trinajstić information content (AvgIpc) is 2.73. The van der Waals surface area contributed by atoms with Crippen molar-refractivity contribution in [2.24, 2.45) is 0 Å². The Balaban J connectivity index is 1.53. The summed E-state index contributed by atoms with van der Waals surface area (Å²) < 4.78 is 31.5. The Morgan fingerprint density at radius 2 is 1.68 bits per heavy atom. The molecule has 0 saturated carbocycles. The first-order valence-electron chi connectivity index (χ1n) is 8.46. The first-order chi connectivity index (χ1) is 13.4. The molecule has 0 spiro atoms. The molecule has 0 aliphatic carbocycles. The van der Waals surface area contributed by atoms with Crippen LogP contribution >= 0.6 is 0 Å². The number of sulfonamides is 1. The number of piperazine rings is 1. The molecule has 2 N–H and O–H groups in total. The Morgan fingerprint density at radius 1 is 1.04 bits per heavy atom. The van der Waals surface area contributed by atoms with E-state index in [1.165, 1.54) is 33.7 Å². The minimum absolute atomic E-state index is 0.0836. The lowest BCUT2D eigenvalue weighted by atomic mass is 10.3. The molecule has 1 saturated heterocycles. The Hall–Kier alpha value is -3.05. The van der Waals surface area contributed by atoms with Crippen molar-refractivity contribution in [2.45, 2.75) is 4.90 Å². The van der Waals surface area contributed by atoms with Crippen LogP contribution in [0.15, 0.2) is 47.6 Å². The molecular weight excluding hydrogens is 386 g/mol. The van der Waals surface area contributed by atoms with Gasteiger partial charge in [-0.1, -0.05) is 18.2 Å². The van der Waals surface area contributed by atoms with E-state index in [-0.39, 0.29) is 42.6 Å². The number of esters is 1. The molecule has 148 valence electrons. The summed E-state index contributed by atoms with van der Waals surface area (Å²) in [6.45, 7) is 0.244. The normalized spacial score (nSPS) is 15.2. The number of nitrogen functional groups attached to an aromatic ring is 1. The van der Waals surface area contributed by atoms with Gasteiger partial charge in [0.25, 0.3) is 5.91 Å². The second-order valence-electron chi connectivity index (χ2n) is 5.96. The van der Waals surface area contributed by atoms with E-state index >= 15 is 0 Å². The lowest BCUT2D eigenvalue weighted by Crippen LogP contribution is -2.51. The standard InChI is InChI=1S/C17H19N5O5S/c18-16-15(19-6-7-20-16)17(24)27-12-14(23)21-8-10-22(11-9-21)28(25,26)13-4-2-1-3-5-13/h1-7H,8-12H2,(H2,18,20). The minimum atomic E-state index is -3.60. The maximum Gasteiger partial charge on any atom is 0.361 e. The van der Waals surface area contributed by atoms with Gasteiger partial charge in [-0.15, -0.1) is 0 Å². The summed E-state index contributed by atoms with van der Waals surface area (Å²) in [5, 5.41) is 0. The number of carbonyl (C=O) groups is 2. The van der Waals surface area contributed by atoms with Crippen LogP contribution in [0.5, 0.6) is 0 Å². The highest BCUT2D eigenvalue weighted by Gasteiger charge is 2.30. The van der Waals surface area contributed by atoms with Crippen molar-refractivity contribution < 1.29 is 22.7 Å². The molecular formula is C17H19N5O5S. The zero-order valence-corrected chi connectivity index (χ0v) is 15.7. The van der Waals surface area contributed by atoms with Crippen LogP contribution in [0, 0.1) is 0 Å². The summed E-state index contributed by atoms with van der Waals surface area (Å²) in [5.41, 5.74) is 5.38. The molecule has 3 rings (SSSR count). The molecule has 0 atom stereocenters. The first kappa shape index (κ1) is 19.7. The van der Waals surface area contributed by atoms with Crippen molar-refractivity contribution in [3.63, 3.8) is 0 Å². The number of hydrogen-bond acceptors (Lipinski definition) is 8. The van der Waals surface area contributed by atoms with E-state index in [9.17, 15) is 18.0 Å². The molecule has 0 radical (unpaired) electrons. The summed E-state index contributed by atoms with van der Waals surface area (Å²) in [6.07, 6.45) is 2.63. The van der Waals surface area contributed by atoms with Crippen molar-refractivity contribution in [2.75, 3.05) is 38.5 Å². The molecule has 1 aromatic heterocycles. The molecule has 2 heterocycles. The van der Waals surface area contributed by atoms with Gasteiger partial charge in [-0.25, -0.2) is 23.2 Å². The van der Waals surface area contributed by atoms with Crippen molar-refractivity contribution >= 4 is 27.7 Å². The fourth-order valence-corrected chi connectivity index (χ4v) is 4.16. The van der Waals surface area contributed by atoms with Gasteiger partial charge < -0.3 is 15.4 Å². The molecule has 1 aliphatic heterocycles. The molecule has 28 heavy (non-hydrogen) atoms. The van der Waals surface area contributed by atoms with E-state index in [1.54, 1.807) is 18.2 Å². The highest BCUT2D eigenvalue weighted by Crippen LogP contribution is 2.17. The second-order valence-corrected chi connectivity index (χ2v) is 7.90. The third kappa shape index (κ3) is 4.26. The van der Waals surface area contributed by atoms with Crippen molar-refractivity contribution in [1.82, 2.24) is 19.2 Å². The lowest BCUT2D eigenvalue weighted by molar-refractivity contribution is -0.135. The van der Waals surface area contributed by atoms with Gasteiger partial charge in [-0.05, 0) is 12.1 Å². The van der Waals surface area contributed by atoms with Crippen LogP contribution in [-0.2, 0) is 19.6 Å². The van der Waals surface area contributed by atoms with Crippen LogP contribution in [-0.4, -0.2) is 72.3 Å². The molecule has 0 bridgehead atoms. The number of hydrogen-bond donors (Lipinski definition) is 1. The molecule has 1 amide bonds. The van der Waals surface area contributed by atoms with E-state index < -0.39 is 28.5 Å². The van der Waals surface area contributed by atoms with Gasteiger partial charge in [0.1, 0.15) is 0 Å². The van der Waals surface area contributed by atoms with Crippen LogP contribution in [0.2, 0.25) is 0 Å². The van der Waals surface area contributed by atoms with E-state index in [4.69, 9.17) is 10.5 Å². The van der Waals surface area contributed by atoms with E-state index in [1.807, 2.05) is 0 Å². The molecule has 2 aromatic rings. The predicted octanol–water partition coefficient (Wildman–Crippen LogP) is -0.251. The number of amides is 1. The predicted molar refractivity (Wildman–Crippen MR) is 98.5 cm³/mol. The number of anilines is 1. The fraction of sp³-hybridized carbons (Fsp3) is 0.294. The van der Waals surface area contributed by atoms with Gasteiger partial charge in [0.15, 0.2) is 18.1 Å². The van der Waals surface area contributed by atoms with Crippen LogP contribution in [0.3, 0.4) is 0 Å². The van der Waals surface area contributed by atoms with Crippen LogP contribution < -0.4 is 5.73 Å². The lowest BCUT2D eigenvalue weighted by Gasteiger charge is -2.33. The molecule has 1 fully saturated rings. The third-order valence-corrected chi connectivity index (χ3v) is 6.13. The Labute approximate surface area is 162 Å². The number of nitrogens with two attached hydrogens (primary N) is 1. The molecule has 0 unspecified atom stereocenters. The van der Waals surface area contributed by atoms with Crippen LogP contribution in [0.1, 0.15) is 10.5 Å². The van der Waals surface area contributed by atoms with Crippen LogP contribution in [0.25, 0.3) is 0 Å². The van der Waals surface area contributed by atoms with Gasteiger partial charge in [0, 0.05) is 38.6 Å². The summed E-state index contributed by atoms with van der Waals surface area (Å²) >= 11 is 0. The number of nitrogens with zero attached hydrogens (tertiary/aromatic N) is 4. The maximum atomic E-state index is 12.6. The number of aromatic nitrogens is 2. The van der Waals surface area contributed by atoms with E-state index in [2.05, 4.69) is 9.97 Å². The highest BCUT2D eigenvalue weighted by atomic mass is 32.2. The smallest absolute Gasteiger partial charge is 0.361 e. The van der Waals surface area contributed by atoms with Crippen molar-refractivity contribution in [3.8, 4) is 0 Å². The van der Waals surface area contributed by atoms with Crippen LogP contribution in [0.4, 0.5) is 5.82 Å². The molecule has 1 aromatic carbocycles. The van der Waals surface area contributed by atoms with Crippen molar-refractivity contribution in [1.29, 1.82) is 0 Å².